The van der Waals surface area contributed by atoms with Crippen molar-refractivity contribution in [2.75, 3.05) is 6.54 Å². The van der Waals surface area contributed by atoms with Crippen molar-refractivity contribution in [2.24, 2.45) is 0 Å². The normalized spacial score (nSPS) is 13.4. The predicted molar refractivity (Wildman–Crippen MR) is 92.3 cm³/mol. The standard InChI is InChI=1S/C18H19BrF2N2O/c1-11(13-3-5-14(19)6-4-13)23-18(24)10-22-12(2)16-8-7-15(20)9-17(16)21/h3-9,11-12,22H,10H2,1-2H3,(H,23,24)/p+1/t11-,12-/m0/s1. The van der Waals surface area contributed by atoms with E-state index in [9.17, 15) is 13.6 Å². The van der Waals surface area contributed by atoms with Crippen molar-refractivity contribution in [3.63, 3.8) is 0 Å². The lowest BCUT2D eigenvalue weighted by atomic mass is 10.1. The number of quaternary nitrogens is 1. The highest BCUT2D eigenvalue weighted by molar-refractivity contribution is 9.10. The fourth-order valence-corrected chi connectivity index (χ4v) is 2.68. The molecule has 128 valence electrons. The summed E-state index contributed by atoms with van der Waals surface area (Å²) in [5.74, 6) is -1.34. The third kappa shape index (κ3) is 5.11. The van der Waals surface area contributed by atoms with E-state index in [1.54, 1.807) is 12.2 Å². The molecular weight excluding hydrogens is 378 g/mol. The van der Waals surface area contributed by atoms with E-state index in [1.165, 1.54) is 12.1 Å². The molecule has 3 N–H and O–H groups in total. The minimum Gasteiger partial charge on any atom is -0.345 e. The molecule has 1 amide bonds. The summed E-state index contributed by atoms with van der Waals surface area (Å²) in [5.41, 5.74) is 1.38. The Bertz CT molecular complexity index is 707. The van der Waals surface area contributed by atoms with Crippen molar-refractivity contribution in [2.45, 2.75) is 25.9 Å². The van der Waals surface area contributed by atoms with Gasteiger partial charge in [-0.25, -0.2) is 8.78 Å². The minimum absolute atomic E-state index is 0.114. The maximum atomic E-state index is 13.7. The van der Waals surface area contributed by atoms with Crippen molar-refractivity contribution in [3.8, 4) is 0 Å². The van der Waals surface area contributed by atoms with Crippen LogP contribution in [0.5, 0.6) is 0 Å². The van der Waals surface area contributed by atoms with Crippen LogP contribution in [0.3, 0.4) is 0 Å². The van der Waals surface area contributed by atoms with Gasteiger partial charge in [-0.1, -0.05) is 28.1 Å². The first-order valence-electron chi connectivity index (χ1n) is 7.70. The maximum Gasteiger partial charge on any atom is 0.275 e. The molecule has 0 saturated heterocycles. The molecule has 3 nitrogen and oxygen atoms in total. The first-order valence-corrected chi connectivity index (χ1v) is 8.49. The second-order valence-corrected chi connectivity index (χ2v) is 6.65. The summed E-state index contributed by atoms with van der Waals surface area (Å²) in [6.45, 7) is 3.85. The Balaban J connectivity index is 1.87. The van der Waals surface area contributed by atoms with Crippen LogP contribution in [0, 0.1) is 11.6 Å². The number of nitrogens with two attached hydrogens (primary N) is 1. The fourth-order valence-electron chi connectivity index (χ4n) is 2.42. The quantitative estimate of drug-likeness (QED) is 0.771. The molecule has 0 saturated carbocycles. The number of halogens is 3. The van der Waals surface area contributed by atoms with E-state index in [-0.39, 0.29) is 24.5 Å². The van der Waals surface area contributed by atoms with Crippen LogP contribution in [0.1, 0.15) is 37.1 Å². The van der Waals surface area contributed by atoms with Crippen LogP contribution < -0.4 is 10.6 Å². The van der Waals surface area contributed by atoms with Crippen LogP contribution in [-0.4, -0.2) is 12.5 Å². The van der Waals surface area contributed by atoms with Gasteiger partial charge in [0.1, 0.15) is 17.7 Å². The third-order valence-corrected chi connectivity index (χ3v) is 4.39. The highest BCUT2D eigenvalue weighted by Crippen LogP contribution is 2.16. The zero-order valence-electron chi connectivity index (χ0n) is 13.5. The van der Waals surface area contributed by atoms with Gasteiger partial charge in [-0.05, 0) is 43.7 Å². The molecule has 0 heterocycles. The molecule has 0 aliphatic carbocycles. The molecule has 0 spiro atoms. The largest absolute Gasteiger partial charge is 0.345 e. The van der Waals surface area contributed by atoms with E-state index < -0.39 is 11.6 Å². The van der Waals surface area contributed by atoms with E-state index in [0.29, 0.717) is 5.56 Å². The number of carbonyl (C=O) groups is 1. The van der Waals surface area contributed by atoms with Crippen LogP contribution in [0.4, 0.5) is 8.78 Å². The molecule has 0 aromatic heterocycles. The average molecular weight is 398 g/mol. The highest BCUT2D eigenvalue weighted by Gasteiger charge is 2.17. The highest BCUT2D eigenvalue weighted by atomic mass is 79.9. The summed E-state index contributed by atoms with van der Waals surface area (Å²) in [6.07, 6.45) is 0. The van der Waals surface area contributed by atoms with Gasteiger partial charge >= 0.3 is 0 Å². The van der Waals surface area contributed by atoms with E-state index in [4.69, 9.17) is 0 Å². The van der Waals surface area contributed by atoms with Gasteiger partial charge in [-0.2, -0.15) is 0 Å². The summed E-state index contributed by atoms with van der Waals surface area (Å²) < 4.78 is 27.6. The molecule has 0 aliphatic rings. The topological polar surface area (TPSA) is 45.7 Å². The Morgan fingerprint density at radius 2 is 1.83 bits per heavy atom. The first-order chi connectivity index (χ1) is 11.4. The van der Waals surface area contributed by atoms with Gasteiger partial charge in [-0.15, -0.1) is 0 Å². The maximum absolute atomic E-state index is 13.7. The SMILES string of the molecule is C[C@H](NC(=O)C[NH2+][C@@H](C)c1ccc(F)cc1F)c1ccc(Br)cc1. The van der Waals surface area contributed by atoms with Crippen molar-refractivity contribution >= 4 is 21.8 Å². The van der Waals surface area contributed by atoms with Gasteiger partial charge < -0.3 is 10.6 Å². The van der Waals surface area contributed by atoms with E-state index >= 15 is 0 Å². The van der Waals surface area contributed by atoms with Crippen molar-refractivity contribution < 1.29 is 18.9 Å². The molecule has 0 unspecified atom stereocenters. The van der Waals surface area contributed by atoms with Gasteiger partial charge in [0.25, 0.3) is 5.91 Å². The van der Waals surface area contributed by atoms with Gasteiger partial charge in [0.15, 0.2) is 6.54 Å². The number of carbonyl (C=O) groups excluding carboxylic acids is 1. The number of nitrogens with one attached hydrogen (secondary N) is 1. The zero-order chi connectivity index (χ0) is 17.7. The van der Waals surface area contributed by atoms with Crippen molar-refractivity contribution in [3.05, 3.63) is 69.7 Å². The van der Waals surface area contributed by atoms with Gasteiger partial charge in [-0.3, -0.25) is 4.79 Å². The second kappa shape index (κ2) is 8.35. The molecule has 24 heavy (non-hydrogen) atoms. The van der Waals surface area contributed by atoms with Gasteiger partial charge in [0.2, 0.25) is 0 Å². The predicted octanol–water partition coefficient (Wildman–Crippen LogP) is 3.23. The van der Waals surface area contributed by atoms with E-state index in [1.807, 2.05) is 31.2 Å². The first kappa shape index (κ1) is 18.5. The lowest BCUT2D eigenvalue weighted by Gasteiger charge is -2.16. The summed E-state index contributed by atoms with van der Waals surface area (Å²) >= 11 is 3.37. The second-order valence-electron chi connectivity index (χ2n) is 5.74. The zero-order valence-corrected chi connectivity index (χ0v) is 15.1. The lowest BCUT2D eigenvalue weighted by Crippen LogP contribution is -2.87. The van der Waals surface area contributed by atoms with Gasteiger partial charge in [0.05, 0.1) is 6.04 Å². The van der Waals surface area contributed by atoms with E-state index in [0.717, 1.165) is 16.1 Å². The summed E-state index contributed by atoms with van der Waals surface area (Å²) in [7, 11) is 0. The van der Waals surface area contributed by atoms with Crippen LogP contribution in [0.25, 0.3) is 0 Å². The van der Waals surface area contributed by atoms with Crippen molar-refractivity contribution in [1.29, 1.82) is 0 Å². The van der Waals surface area contributed by atoms with Crippen LogP contribution in [0.2, 0.25) is 0 Å². The Hall–Kier alpha value is -1.79. The number of amides is 1. The molecule has 0 radical (unpaired) electrons. The monoisotopic (exact) mass is 397 g/mol. The summed E-state index contributed by atoms with van der Waals surface area (Å²) in [6, 6.07) is 10.8. The Labute approximate surface area is 148 Å². The van der Waals surface area contributed by atoms with Gasteiger partial charge in [0, 0.05) is 16.1 Å². The molecule has 0 bridgehead atoms. The van der Waals surface area contributed by atoms with Crippen LogP contribution in [-0.2, 0) is 4.79 Å². The summed E-state index contributed by atoms with van der Waals surface area (Å²) in [5, 5.41) is 4.63. The minimum atomic E-state index is -0.607. The van der Waals surface area contributed by atoms with E-state index in [2.05, 4.69) is 21.2 Å². The Kier molecular flexibility index (Phi) is 6.45. The fraction of sp³-hybridized carbons (Fsp3) is 0.278. The van der Waals surface area contributed by atoms with Crippen molar-refractivity contribution in [1.82, 2.24) is 5.32 Å². The molecule has 2 atom stereocenters. The number of hydrogen-bond donors (Lipinski definition) is 2. The molecular formula is C18H20BrF2N2O+. The third-order valence-electron chi connectivity index (χ3n) is 3.86. The number of hydrogen-bond acceptors (Lipinski definition) is 1. The Morgan fingerprint density at radius 1 is 1.17 bits per heavy atom. The Morgan fingerprint density at radius 3 is 2.46 bits per heavy atom. The van der Waals surface area contributed by atoms with Crippen LogP contribution >= 0.6 is 15.9 Å². The summed E-state index contributed by atoms with van der Waals surface area (Å²) in [4.78, 5) is 12.1. The average Bonchev–Trinajstić information content (AvgIpc) is 2.53. The van der Waals surface area contributed by atoms with Crippen LogP contribution in [0.15, 0.2) is 46.9 Å². The number of rotatable bonds is 6. The molecule has 2 aromatic carbocycles. The lowest BCUT2D eigenvalue weighted by molar-refractivity contribution is -0.682. The molecule has 2 aromatic rings. The molecule has 2 rings (SSSR count). The number of benzene rings is 2. The molecule has 0 aliphatic heterocycles. The smallest absolute Gasteiger partial charge is 0.275 e. The molecule has 6 heteroatoms. The molecule has 0 fully saturated rings.